The average Bonchev–Trinajstić information content (AvgIpc) is 2.59. The van der Waals surface area contributed by atoms with E-state index in [4.69, 9.17) is 11.6 Å². The third kappa shape index (κ3) is 2.85. The third-order valence-corrected chi connectivity index (χ3v) is 5.58. The second-order valence-corrected chi connectivity index (χ2v) is 7.95. The topological polar surface area (TPSA) is 90.4 Å². The minimum absolute atomic E-state index is 0.418. The standard InChI is InChI=1S/C19H13ClNO4P/c20-16-10-17-12(9-18(19(22)21-17)26(23,24)25)8-15(16)14-7-3-5-11-4-1-2-6-13(11)14/h1-10H,(H,21,22)(H2,23,24,25). The maximum atomic E-state index is 11.9. The van der Waals surface area contributed by atoms with Crippen LogP contribution in [0.5, 0.6) is 0 Å². The maximum absolute atomic E-state index is 11.9. The average molecular weight is 386 g/mol. The summed E-state index contributed by atoms with van der Waals surface area (Å²) in [4.78, 5) is 33.2. The molecule has 0 saturated carbocycles. The highest BCUT2D eigenvalue weighted by Crippen LogP contribution is 2.37. The highest BCUT2D eigenvalue weighted by molar-refractivity contribution is 7.60. The van der Waals surface area contributed by atoms with E-state index in [-0.39, 0.29) is 0 Å². The number of fused-ring (bicyclic) bond motifs is 2. The number of halogens is 1. The highest BCUT2D eigenvalue weighted by atomic mass is 35.5. The van der Waals surface area contributed by atoms with Gasteiger partial charge in [0.25, 0.3) is 5.56 Å². The van der Waals surface area contributed by atoms with Crippen LogP contribution in [0.15, 0.2) is 65.5 Å². The first-order valence-electron chi connectivity index (χ1n) is 7.75. The van der Waals surface area contributed by atoms with Gasteiger partial charge in [0, 0.05) is 11.1 Å². The molecule has 0 radical (unpaired) electrons. The fourth-order valence-electron chi connectivity index (χ4n) is 3.10. The van der Waals surface area contributed by atoms with Crippen molar-refractivity contribution < 1.29 is 14.4 Å². The molecule has 7 heteroatoms. The van der Waals surface area contributed by atoms with Crippen LogP contribution in [0.25, 0.3) is 32.8 Å². The fraction of sp³-hybridized carbons (Fsp3) is 0. The van der Waals surface area contributed by atoms with Gasteiger partial charge in [-0.3, -0.25) is 9.36 Å². The molecule has 4 aromatic rings. The number of pyridine rings is 1. The first kappa shape index (κ1) is 17.0. The number of hydrogen-bond acceptors (Lipinski definition) is 2. The van der Waals surface area contributed by atoms with E-state index in [9.17, 15) is 19.1 Å². The highest BCUT2D eigenvalue weighted by Gasteiger charge is 2.22. The van der Waals surface area contributed by atoms with Crippen LogP contribution in [-0.2, 0) is 4.57 Å². The van der Waals surface area contributed by atoms with Gasteiger partial charge in [-0.2, -0.15) is 0 Å². The predicted molar refractivity (Wildman–Crippen MR) is 104 cm³/mol. The van der Waals surface area contributed by atoms with Gasteiger partial charge in [0.2, 0.25) is 0 Å². The molecule has 1 aromatic heterocycles. The van der Waals surface area contributed by atoms with E-state index in [1.165, 1.54) is 6.07 Å². The summed E-state index contributed by atoms with van der Waals surface area (Å²) in [6.45, 7) is 0. The summed E-state index contributed by atoms with van der Waals surface area (Å²) in [5.74, 6) is 0. The van der Waals surface area contributed by atoms with E-state index in [2.05, 4.69) is 4.98 Å². The second kappa shape index (κ2) is 6.08. The van der Waals surface area contributed by atoms with Gasteiger partial charge in [-0.15, -0.1) is 0 Å². The Morgan fingerprint density at radius 3 is 2.38 bits per heavy atom. The van der Waals surface area contributed by atoms with Crippen LogP contribution in [0.3, 0.4) is 0 Å². The van der Waals surface area contributed by atoms with Crippen molar-refractivity contribution in [3.8, 4) is 11.1 Å². The number of rotatable bonds is 2. The van der Waals surface area contributed by atoms with Crippen molar-refractivity contribution in [2.45, 2.75) is 0 Å². The number of aromatic amines is 1. The SMILES string of the molecule is O=c1[nH]c2cc(Cl)c(-c3cccc4ccccc34)cc2cc1P(=O)(O)O. The Bertz CT molecular complexity index is 1270. The van der Waals surface area contributed by atoms with Crippen molar-refractivity contribution in [3.05, 3.63) is 76.0 Å². The summed E-state index contributed by atoms with van der Waals surface area (Å²) >= 11 is 6.44. The number of benzene rings is 3. The lowest BCUT2D eigenvalue weighted by Gasteiger charge is -2.11. The van der Waals surface area contributed by atoms with E-state index in [0.29, 0.717) is 15.9 Å². The van der Waals surface area contributed by atoms with E-state index >= 15 is 0 Å². The lowest BCUT2D eigenvalue weighted by molar-refractivity contribution is 0.387. The fourth-order valence-corrected chi connectivity index (χ4v) is 3.99. The van der Waals surface area contributed by atoms with Gasteiger partial charge in [0.1, 0.15) is 5.30 Å². The summed E-state index contributed by atoms with van der Waals surface area (Å²) in [5, 5.41) is 2.44. The normalized spacial score (nSPS) is 12.0. The molecule has 0 amide bonds. The molecule has 0 aliphatic carbocycles. The number of H-pyrrole nitrogens is 1. The van der Waals surface area contributed by atoms with Gasteiger partial charge in [-0.25, -0.2) is 0 Å². The van der Waals surface area contributed by atoms with Crippen molar-refractivity contribution in [2.75, 3.05) is 0 Å². The number of aromatic nitrogens is 1. The summed E-state index contributed by atoms with van der Waals surface area (Å²) < 4.78 is 11.5. The van der Waals surface area contributed by atoms with Crippen LogP contribution in [0.1, 0.15) is 0 Å². The Hall–Kier alpha value is -2.43. The number of hydrogen-bond donors (Lipinski definition) is 3. The largest absolute Gasteiger partial charge is 0.361 e. The number of nitrogens with one attached hydrogen (secondary N) is 1. The molecule has 3 aromatic carbocycles. The molecule has 0 bridgehead atoms. The van der Waals surface area contributed by atoms with Crippen molar-refractivity contribution in [1.29, 1.82) is 0 Å². The Labute approximate surface area is 153 Å². The van der Waals surface area contributed by atoms with E-state index in [1.54, 1.807) is 12.1 Å². The first-order chi connectivity index (χ1) is 12.3. The van der Waals surface area contributed by atoms with Crippen molar-refractivity contribution in [2.24, 2.45) is 0 Å². The Balaban J connectivity index is 2.04. The summed E-state index contributed by atoms with van der Waals surface area (Å²) in [5.41, 5.74) is 1.22. The van der Waals surface area contributed by atoms with Gasteiger partial charge in [-0.05, 0) is 39.9 Å². The summed E-state index contributed by atoms with van der Waals surface area (Å²) in [7, 11) is -4.67. The molecular weight excluding hydrogens is 373 g/mol. The lowest BCUT2D eigenvalue weighted by Crippen LogP contribution is -2.26. The molecule has 4 rings (SSSR count). The molecule has 5 nitrogen and oxygen atoms in total. The zero-order valence-corrected chi connectivity index (χ0v) is 15.0. The molecule has 0 spiro atoms. The smallest absolute Gasteiger partial charge is 0.321 e. The van der Waals surface area contributed by atoms with Crippen molar-refractivity contribution in [1.82, 2.24) is 4.98 Å². The molecule has 26 heavy (non-hydrogen) atoms. The molecule has 1 heterocycles. The Kier molecular flexibility index (Phi) is 3.98. The van der Waals surface area contributed by atoms with Gasteiger partial charge in [0.15, 0.2) is 0 Å². The van der Waals surface area contributed by atoms with E-state index < -0.39 is 18.5 Å². The van der Waals surface area contributed by atoms with Crippen LogP contribution >= 0.6 is 19.2 Å². The van der Waals surface area contributed by atoms with Gasteiger partial charge >= 0.3 is 7.60 Å². The van der Waals surface area contributed by atoms with E-state index in [1.807, 2.05) is 42.5 Å². The molecule has 0 atom stereocenters. The van der Waals surface area contributed by atoms with Crippen LogP contribution in [0.2, 0.25) is 5.02 Å². The lowest BCUT2D eigenvalue weighted by atomic mass is 9.97. The molecule has 0 aliphatic rings. The summed E-state index contributed by atoms with van der Waals surface area (Å²) in [6, 6.07) is 18.3. The first-order valence-corrected chi connectivity index (χ1v) is 9.74. The maximum Gasteiger partial charge on any atom is 0.361 e. The third-order valence-electron chi connectivity index (χ3n) is 4.31. The Morgan fingerprint density at radius 2 is 1.62 bits per heavy atom. The Morgan fingerprint density at radius 1 is 0.885 bits per heavy atom. The molecule has 0 saturated heterocycles. The minimum Gasteiger partial charge on any atom is -0.321 e. The molecule has 0 fully saturated rings. The quantitative estimate of drug-likeness (QED) is 0.458. The van der Waals surface area contributed by atoms with Crippen LogP contribution < -0.4 is 10.9 Å². The molecule has 0 aliphatic heterocycles. The second-order valence-electron chi connectivity index (χ2n) is 5.97. The van der Waals surface area contributed by atoms with Gasteiger partial charge < -0.3 is 14.8 Å². The monoisotopic (exact) mass is 385 g/mol. The minimum atomic E-state index is -4.67. The van der Waals surface area contributed by atoms with Crippen LogP contribution in [-0.4, -0.2) is 14.8 Å². The molecular formula is C19H13ClNO4P. The molecule has 3 N–H and O–H groups in total. The molecule has 0 unspecified atom stereocenters. The van der Waals surface area contributed by atoms with Gasteiger partial charge in [0.05, 0.1) is 5.02 Å². The van der Waals surface area contributed by atoms with Crippen molar-refractivity contribution in [3.63, 3.8) is 0 Å². The van der Waals surface area contributed by atoms with Crippen LogP contribution in [0, 0.1) is 0 Å². The van der Waals surface area contributed by atoms with E-state index in [0.717, 1.165) is 21.9 Å². The van der Waals surface area contributed by atoms with Gasteiger partial charge in [-0.1, -0.05) is 54.1 Å². The van der Waals surface area contributed by atoms with Crippen molar-refractivity contribution >= 4 is 46.2 Å². The summed E-state index contributed by atoms with van der Waals surface area (Å²) in [6.07, 6.45) is 0. The molecule has 130 valence electrons. The zero-order chi connectivity index (χ0) is 18.5. The zero-order valence-electron chi connectivity index (χ0n) is 13.3. The predicted octanol–water partition coefficient (Wildman–Crippen LogP) is 3.80. The van der Waals surface area contributed by atoms with Crippen LogP contribution in [0.4, 0.5) is 0 Å².